The van der Waals surface area contributed by atoms with Crippen molar-refractivity contribution in [1.82, 2.24) is 18.7 Å². The minimum atomic E-state index is -0.437. The molecule has 3 rings (SSSR count). The van der Waals surface area contributed by atoms with Crippen LogP contribution in [0.5, 0.6) is 0 Å². The molecule has 1 aromatic carbocycles. The fraction of sp³-hybridized carbons (Fsp3) is 0.400. The van der Waals surface area contributed by atoms with Crippen LogP contribution in [-0.2, 0) is 25.4 Å². The van der Waals surface area contributed by atoms with E-state index in [1.54, 1.807) is 18.7 Å². The highest BCUT2D eigenvalue weighted by molar-refractivity contribution is 5.92. The van der Waals surface area contributed by atoms with Crippen LogP contribution in [0.1, 0.15) is 33.5 Å². The molecule has 8 nitrogen and oxygen atoms in total. The third kappa shape index (κ3) is 3.37. The van der Waals surface area contributed by atoms with Crippen LogP contribution >= 0.6 is 0 Å². The highest BCUT2D eigenvalue weighted by atomic mass is 16.5. The lowest BCUT2D eigenvalue weighted by atomic mass is 10.00. The van der Waals surface area contributed by atoms with Gasteiger partial charge < -0.3 is 9.30 Å². The number of ether oxygens (including phenoxy) is 1. The summed E-state index contributed by atoms with van der Waals surface area (Å²) in [7, 11) is 3.29. The number of aromatic nitrogens is 4. The number of imidazole rings is 1. The van der Waals surface area contributed by atoms with E-state index in [-0.39, 0.29) is 13.2 Å². The quantitative estimate of drug-likeness (QED) is 0.493. The molecule has 0 radical (unpaired) electrons. The number of fused-ring (bicyclic) bond motifs is 1. The van der Waals surface area contributed by atoms with Gasteiger partial charge in [-0.2, -0.15) is 0 Å². The van der Waals surface area contributed by atoms with E-state index < -0.39 is 17.2 Å². The van der Waals surface area contributed by atoms with Crippen molar-refractivity contribution < 1.29 is 9.53 Å². The largest absolute Gasteiger partial charge is 0.462 e. The number of carbonyl (C=O) groups excluding carboxylic acids is 1. The van der Waals surface area contributed by atoms with Crippen molar-refractivity contribution in [2.45, 2.75) is 33.7 Å². The normalized spacial score (nSPS) is 11.2. The van der Waals surface area contributed by atoms with Crippen LogP contribution in [0.2, 0.25) is 0 Å². The molecular formula is C20H24N4O4. The van der Waals surface area contributed by atoms with Gasteiger partial charge in [-0.05, 0) is 38.3 Å². The molecule has 28 heavy (non-hydrogen) atoms. The van der Waals surface area contributed by atoms with Crippen molar-refractivity contribution in [3.05, 3.63) is 61.6 Å². The number of benzene rings is 1. The number of hydrogen-bond acceptors (Lipinski definition) is 5. The van der Waals surface area contributed by atoms with Gasteiger partial charge in [0.15, 0.2) is 11.2 Å². The maximum absolute atomic E-state index is 12.6. The van der Waals surface area contributed by atoms with Gasteiger partial charge in [0.1, 0.15) is 0 Å². The average molecular weight is 384 g/mol. The standard InChI is InChI=1S/C20H24N4O4/c1-12-9-13(2)15(14(3)10-12)19(26)28-8-6-7-24-18(25)16-17(21-11-22(16)4)23(5)20(24)27/h9-11H,6-8H2,1-5H3. The average Bonchev–Trinajstić information content (AvgIpc) is 3.00. The number of rotatable bonds is 5. The summed E-state index contributed by atoms with van der Waals surface area (Å²) in [4.78, 5) is 41.6. The summed E-state index contributed by atoms with van der Waals surface area (Å²) in [6, 6.07) is 3.88. The van der Waals surface area contributed by atoms with Crippen LogP contribution in [0.3, 0.4) is 0 Å². The molecule has 0 atom stereocenters. The Bertz CT molecular complexity index is 1160. The van der Waals surface area contributed by atoms with Crippen molar-refractivity contribution >= 4 is 17.1 Å². The smallest absolute Gasteiger partial charge is 0.338 e. The van der Waals surface area contributed by atoms with Gasteiger partial charge >= 0.3 is 11.7 Å². The molecule has 0 saturated carbocycles. The number of nitrogens with zero attached hydrogens (tertiary/aromatic N) is 4. The Hall–Kier alpha value is -3.16. The van der Waals surface area contributed by atoms with Crippen LogP contribution in [0.25, 0.3) is 11.2 Å². The number of esters is 1. The maximum atomic E-state index is 12.6. The molecule has 0 aliphatic rings. The lowest BCUT2D eigenvalue weighted by molar-refractivity contribution is 0.0493. The predicted molar refractivity (Wildman–Crippen MR) is 106 cm³/mol. The van der Waals surface area contributed by atoms with E-state index in [1.165, 1.54) is 10.9 Å². The number of hydrogen-bond donors (Lipinski definition) is 0. The first-order valence-corrected chi connectivity index (χ1v) is 9.08. The topological polar surface area (TPSA) is 88.1 Å². The Morgan fingerprint density at radius 2 is 1.75 bits per heavy atom. The van der Waals surface area contributed by atoms with Crippen molar-refractivity contribution in [1.29, 1.82) is 0 Å². The zero-order valence-corrected chi connectivity index (χ0v) is 16.8. The van der Waals surface area contributed by atoms with Crippen molar-refractivity contribution in [3.8, 4) is 0 Å². The van der Waals surface area contributed by atoms with Crippen LogP contribution in [-0.4, -0.2) is 31.3 Å². The molecule has 0 unspecified atom stereocenters. The van der Waals surface area contributed by atoms with Gasteiger partial charge in [0, 0.05) is 20.6 Å². The maximum Gasteiger partial charge on any atom is 0.338 e. The molecule has 0 spiro atoms. The number of carbonyl (C=O) groups is 1. The SMILES string of the molecule is Cc1cc(C)c(C(=O)OCCCn2c(=O)c3c(ncn3C)n(C)c2=O)c(C)c1. The predicted octanol–water partition coefficient (Wildman–Crippen LogP) is 1.61. The first-order valence-electron chi connectivity index (χ1n) is 9.08. The molecule has 0 saturated heterocycles. The Labute approximate surface area is 162 Å². The van der Waals surface area contributed by atoms with E-state index in [9.17, 15) is 14.4 Å². The van der Waals surface area contributed by atoms with Crippen LogP contribution in [0, 0.1) is 20.8 Å². The third-order valence-corrected chi connectivity index (χ3v) is 4.84. The number of aryl methyl sites for hydroxylation is 5. The Morgan fingerprint density at radius 1 is 1.11 bits per heavy atom. The molecule has 0 fully saturated rings. The summed E-state index contributed by atoms with van der Waals surface area (Å²) in [5.41, 5.74) is 3.28. The fourth-order valence-electron chi connectivity index (χ4n) is 3.56. The van der Waals surface area contributed by atoms with Gasteiger partial charge in [-0.3, -0.25) is 13.9 Å². The second-order valence-electron chi connectivity index (χ2n) is 7.09. The van der Waals surface area contributed by atoms with Gasteiger partial charge in [-0.15, -0.1) is 0 Å². The summed E-state index contributed by atoms with van der Waals surface area (Å²) in [5.74, 6) is -0.391. The van der Waals surface area contributed by atoms with E-state index in [1.807, 2.05) is 32.9 Å². The van der Waals surface area contributed by atoms with Gasteiger partial charge in [0.2, 0.25) is 0 Å². The molecule has 0 aliphatic carbocycles. The first kappa shape index (κ1) is 19.6. The summed E-state index contributed by atoms with van der Waals surface area (Å²) < 4.78 is 9.47. The van der Waals surface area contributed by atoms with Gasteiger partial charge in [0.05, 0.1) is 18.5 Å². The lowest BCUT2D eigenvalue weighted by Gasteiger charge is -2.12. The second kappa shape index (κ2) is 7.46. The van der Waals surface area contributed by atoms with E-state index in [0.29, 0.717) is 23.1 Å². The highest BCUT2D eigenvalue weighted by Crippen LogP contribution is 2.17. The van der Waals surface area contributed by atoms with E-state index in [0.717, 1.165) is 21.3 Å². The van der Waals surface area contributed by atoms with E-state index in [4.69, 9.17) is 4.74 Å². The Kier molecular flexibility index (Phi) is 5.22. The Morgan fingerprint density at radius 3 is 2.39 bits per heavy atom. The molecule has 8 heteroatoms. The monoisotopic (exact) mass is 384 g/mol. The molecule has 0 N–H and O–H groups in total. The minimum absolute atomic E-state index is 0.116. The zero-order valence-electron chi connectivity index (χ0n) is 16.8. The molecular weight excluding hydrogens is 360 g/mol. The van der Waals surface area contributed by atoms with Crippen LogP contribution in [0.4, 0.5) is 0 Å². The van der Waals surface area contributed by atoms with Gasteiger partial charge in [0.25, 0.3) is 5.56 Å². The molecule has 2 aromatic heterocycles. The summed E-state index contributed by atoms with van der Waals surface area (Å²) in [6.45, 7) is 6.01. The molecule has 2 heterocycles. The van der Waals surface area contributed by atoms with E-state index >= 15 is 0 Å². The summed E-state index contributed by atoms with van der Waals surface area (Å²) in [6.07, 6.45) is 1.86. The Balaban J connectivity index is 1.73. The summed E-state index contributed by atoms with van der Waals surface area (Å²) in [5, 5.41) is 0. The third-order valence-electron chi connectivity index (χ3n) is 4.84. The highest BCUT2D eigenvalue weighted by Gasteiger charge is 2.16. The zero-order chi connectivity index (χ0) is 20.6. The minimum Gasteiger partial charge on any atom is -0.462 e. The van der Waals surface area contributed by atoms with Crippen LogP contribution < -0.4 is 11.2 Å². The van der Waals surface area contributed by atoms with E-state index in [2.05, 4.69) is 4.98 Å². The molecule has 0 amide bonds. The molecule has 0 aliphatic heterocycles. The second-order valence-corrected chi connectivity index (χ2v) is 7.09. The molecule has 0 bridgehead atoms. The van der Waals surface area contributed by atoms with Crippen molar-refractivity contribution in [2.75, 3.05) is 6.61 Å². The van der Waals surface area contributed by atoms with Crippen molar-refractivity contribution in [3.63, 3.8) is 0 Å². The molecule has 148 valence electrons. The van der Waals surface area contributed by atoms with Crippen LogP contribution in [0.15, 0.2) is 28.0 Å². The fourth-order valence-corrected chi connectivity index (χ4v) is 3.56. The summed E-state index contributed by atoms with van der Waals surface area (Å²) >= 11 is 0. The van der Waals surface area contributed by atoms with Gasteiger partial charge in [-0.25, -0.2) is 14.6 Å². The van der Waals surface area contributed by atoms with Gasteiger partial charge in [-0.1, -0.05) is 17.7 Å². The van der Waals surface area contributed by atoms with Crippen molar-refractivity contribution in [2.24, 2.45) is 14.1 Å². The first-order chi connectivity index (χ1) is 13.2. The molecule has 3 aromatic rings. The lowest BCUT2D eigenvalue weighted by Crippen LogP contribution is -2.39.